The fourth-order valence-electron chi connectivity index (χ4n) is 1.07. The monoisotopic (exact) mass is 218 g/mol. The van der Waals surface area contributed by atoms with Crippen molar-refractivity contribution in [2.24, 2.45) is 0 Å². The zero-order chi connectivity index (χ0) is 12.0. The van der Waals surface area contributed by atoms with Crippen LogP contribution in [0.25, 0.3) is 0 Å². The third-order valence-corrected chi connectivity index (χ3v) is 2.21. The van der Waals surface area contributed by atoms with E-state index in [0.29, 0.717) is 17.9 Å². The van der Waals surface area contributed by atoms with E-state index in [-0.39, 0.29) is 12.5 Å². The highest BCUT2D eigenvalue weighted by molar-refractivity contribution is 5.80. The number of nitriles is 1. The molecule has 0 aliphatic heterocycles. The van der Waals surface area contributed by atoms with Crippen molar-refractivity contribution >= 4 is 11.7 Å². The summed E-state index contributed by atoms with van der Waals surface area (Å²) in [5.41, 5.74) is 0.522. The summed E-state index contributed by atoms with van der Waals surface area (Å²) in [6, 6.07) is 5.24. The molecule has 5 heteroatoms. The van der Waals surface area contributed by atoms with Crippen LogP contribution in [-0.4, -0.2) is 35.9 Å². The van der Waals surface area contributed by atoms with Crippen LogP contribution in [0.2, 0.25) is 0 Å². The molecule has 1 aromatic heterocycles. The third kappa shape index (κ3) is 3.24. The van der Waals surface area contributed by atoms with E-state index in [1.165, 1.54) is 6.20 Å². The molecule has 1 amide bonds. The number of likely N-dealkylation sites (N-methyl/N-ethyl adjacent to an activating group) is 1. The van der Waals surface area contributed by atoms with E-state index in [9.17, 15) is 4.79 Å². The van der Waals surface area contributed by atoms with Gasteiger partial charge in [-0.25, -0.2) is 4.98 Å². The van der Waals surface area contributed by atoms with Crippen molar-refractivity contribution in [3.63, 3.8) is 0 Å². The van der Waals surface area contributed by atoms with E-state index in [1.807, 2.05) is 13.0 Å². The zero-order valence-corrected chi connectivity index (χ0v) is 9.40. The van der Waals surface area contributed by atoms with Gasteiger partial charge >= 0.3 is 0 Å². The summed E-state index contributed by atoms with van der Waals surface area (Å²) < 4.78 is 0. The second kappa shape index (κ2) is 5.71. The Morgan fingerprint density at radius 2 is 2.44 bits per heavy atom. The standard InChI is InChI=1S/C11H14N4O/c1-3-15(2)11(16)8-14-10-6-9(7-12)4-5-13-10/h4-6H,3,8H2,1-2H3,(H,13,14). The number of anilines is 1. The minimum absolute atomic E-state index is 0.00772. The van der Waals surface area contributed by atoms with Crippen LogP contribution < -0.4 is 5.32 Å². The molecular formula is C11H14N4O. The number of aromatic nitrogens is 1. The van der Waals surface area contributed by atoms with Crippen molar-refractivity contribution in [2.45, 2.75) is 6.92 Å². The smallest absolute Gasteiger partial charge is 0.241 e. The number of hydrogen-bond acceptors (Lipinski definition) is 4. The van der Waals surface area contributed by atoms with E-state index < -0.39 is 0 Å². The quantitative estimate of drug-likeness (QED) is 0.813. The molecule has 0 saturated heterocycles. The van der Waals surface area contributed by atoms with Crippen molar-refractivity contribution < 1.29 is 4.79 Å². The molecular weight excluding hydrogens is 204 g/mol. The molecule has 0 unspecified atom stereocenters. The molecule has 0 aliphatic carbocycles. The second-order valence-corrected chi connectivity index (χ2v) is 3.30. The molecule has 16 heavy (non-hydrogen) atoms. The predicted octanol–water partition coefficient (Wildman–Crippen LogP) is 0.843. The molecule has 84 valence electrons. The van der Waals surface area contributed by atoms with Gasteiger partial charge < -0.3 is 10.2 Å². The van der Waals surface area contributed by atoms with Crippen LogP contribution >= 0.6 is 0 Å². The van der Waals surface area contributed by atoms with Crippen molar-refractivity contribution in [1.82, 2.24) is 9.88 Å². The summed E-state index contributed by atoms with van der Waals surface area (Å²) >= 11 is 0. The Morgan fingerprint density at radius 1 is 1.69 bits per heavy atom. The number of carbonyl (C=O) groups is 1. The number of nitrogens with zero attached hydrogens (tertiary/aromatic N) is 3. The topological polar surface area (TPSA) is 69.0 Å². The fourth-order valence-corrected chi connectivity index (χ4v) is 1.07. The van der Waals surface area contributed by atoms with Crippen molar-refractivity contribution in [3.05, 3.63) is 23.9 Å². The molecule has 1 aromatic rings. The number of hydrogen-bond donors (Lipinski definition) is 1. The minimum atomic E-state index is -0.00772. The van der Waals surface area contributed by atoms with Crippen molar-refractivity contribution in [1.29, 1.82) is 5.26 Å². The lowest BCUT2D eigenvalue weighted by molar-refractivity contribution is -0.127. The minimum Gasteiger partial charge on any atom is -0.361 e. The third-order valence-electron chi connectivity index (χ3n) is 2.21. The van der Waals surface area contributed by atoms with Crippen molar-refractivity contribution in [2.75, 3.05) is 25.5 Å². The first-order valence-corrected chi connectivity index (χ1v) is 5.01. The molecule has 0 saturated carbocycles. The normalized spacial score (nSPS) is 9.31. The highest BCUT2D eigenvalue weighted by atomic mass is 16.2. The summed E-state index contributed by atoms with van der Waals surface area (Å²) in [5, 5.41) is 11.6. The first-order valence-electron chi connectivity index (χ1n) is 5.01. The highest BCUT2D eigenvalue weighted by Crippen LogP contribution is 2.04. The summed E-state index contributed by atoms with van der Waals surface area (Å²) in [7, 11) is 1.74. The molecule has 1 heterocycles. The number of amides is 1. The van der Waals surface area contributed by atoms with Gasteiger partial charge in [-0.2, -0.15) is 5.26 Å². The van der Waals surface area contributed by atoms with Gasteiger partial charge in [0.15, 0.2) is 0 Å². The molecule has 1 N–H and O–H groups in total. The zero-order valence-electron chi connectivity index (χ0n) is 9.40. The van der Waals surface area contributed by atoms with Gasteiger partial charge in [0.05, 0.1) is 18.2 Å². The van der Waals surface area contributed by atoms with Crippen LogP contribution in [0, 0.1) is 11.3 Å². The van der Waals surface area contributed by atoms with Crippen LogP contribution in [0.4, 0.5) is 5.82 Å². The Morgan fingerprint density at radius 3 is 3.06 bits per heavy atom. The predicted molar refractivity (Wildman–Crippen MR) is 60.8 cm³/mol. The number of nitrogens with one attached hydrogen (secondary N) is 1. The van der Waals surface area contributed by atoms with Crippen LogP contribution in [0.1, 0.15) is 12.5 Å². The SMILES string of the molecule is CCN(C)C(=O)CNc1cc(C#N)ccn1. The van der Waals surface area contributed by atoms with Crippen molar-refractivity contribution in [3.8, 4) is 6.07 Å². The summed E-state index contributed by atoms with van der Waals surface area (Å²) in [6.45, 7) is 2.77. The van der Waals surface area contributed by atoms with E-state index in [0.717, 1.165) is 0 Å². The van der Waals surface area contributed by atoms with Gasteiger partial charge in [-0.15, -0.1) is 0 Å². The lowest BCUT2D eigenvalue weighted by Crippen LogP contribution is -2.32. The van der Waals surface area contributed by atoms with E-state index in [1.54, 1.807) is 24.1 Å². The Labute approximate surface area is 94.7 Å². The van der Waals surface area contributed by atoms with E-state index >= 15 is 0 Å². The first kappa shape index (κ1) is 12.0. The fraction of sp³-hybridized carbons (Fsp3) is 0.364. The number of rotatable bonds is 4. The summed E-state index contributed by atoms with van der Waals surface area (Å²) in [5.74, 6) is 0.531. The van der Waals surface area contributed by atoms with E-state index in [2.05, 4.69) is 10.3 Å². The van der Waals surface area contributed by atoms with Gasteiger partial charge in [0, 0.05) is 19.8 Å². The van der Waals surface area contributed by atoms with Crippen LogP contribution in [-0.2, 0) is 4.79 Å². The lowest BCUT2D eigenvalue weighted by Gasteiger charge is -2.14. The maximum atomic E-state index is 11.5. The molecule has 5 nitrogen and oxygen atoms in total. The molecule has 0 fully saturated rings. The van der Waals surface area contributed by atoms with Gasteiger partial charge in [0.1, 0.15) is 5.82 Å². The molecule has 0 aliphatic rings. The van der Waals surface area contributed by atoms with Crippen LogP contribution in [0.3, 0.4) is 0 Å². The molecule has 0 aromatic carbocycles. The Balaban J connectivity index is 2.55. The molecule has 0 bridgehead atoms. The molecule has 0 spiro atoms. The average molecular weight is 218 g/mol. The molecule has 0 atom stereocenters. The molecule has 0 radical (unpaired) electrons. The van der Waals surface area contributed by atoms with Gasteiger partial charge in [0.2, 0.25) is 5.91 Å². The average Bonchev–Trinajstić information content (AvgIpc) is 2.35. The van der Waals surface area contributed by atoms with Gasteiger partial charge in [-0.1, -0.05) is 0 Å². The van der Waals surface area contributed by atoms with Crippen LogP contribution in [0.5, 0.6) is 0 Å². The summed E-state index contributed by atoms with van der Waals surface area (Å²) in [6.07, 6.45) is 1.54. The number of carbonyl (C=O) groups excluding carboxylic acids is 1. The Hall–Kier alpha value is -2.09. The molecule has 1 rings (SSSR count). The van der Waals surface area contributed by atoms with Crippen LogP contribution in [0.15, 0.2) is 18.3 Å². The number of pyridine rings is 1. The Bertz CT molecular complexity index is 411. The first-order chi connectivity index (χ1) is 7.67. The second-order valence-electron chi connectivity index (χ2n) is 3.30. The van der Waals surface area contributed by atoms with Gasteiger partial charge in [-0.3, -0.25) is 4.79 Å². The maximum Gasteiger partial charge on any atom is 0.241 e. The maximum absolute atomic E-state index is 11.5. The largest absolute Gasteiger partial charge is 0.361 e. The van der Waals surface area contributed by atoms with Gasteiger partial charge in [-0.05, 0) is 19.1 Å². The highest BCUT2D eigenvalue weighted by Gasteiger charge is 2.06. The lowest BCUT2D eigenvalue weighted by atomic mass is 10.3. The Kier molecular flexibility index (Phi) is 4.28. The summed E-state index contributed by atoms with van der Waals surface area (Å²) in [4.78, 5) is 17.1. The van der Waals surface area contributed by atoms with Gasteiger partial charge in [0.25, 0.3) is 0 Å². The van der Waals surface area contributed by atoms with E-state index in [4.69, 9.17) is 5.26 Å².